The van der Waals surface area contributed by atoms with Crippen molar-refractivity contribution in [1.82, 2.24) is 5.32 Å². The van der Waals surface area contributed by atoms with Gasteiger partial charge in [-0.15, -0.1) is 0 Å². The van der Waals surface area contributed by atoms with Crippen LogP contribution in [0.2, 0.25) is 0 Å². The number of carbonyl (C=O) groups is 1. The molecule has 12 atom stereocenters. The number of carbonyl (C=O) groups excluding carboxylic acids is 1. The van der Waals surface area contributed by atoms with Crippen molar-refractivity contribution < 1.29 is 64.6 Å². The van der Waals surface area contributed by atoms with Crippen LogP contribution < -0.4 is 5.32 Å². The maximum atomic E-state index is 13.2. The van der Waals surface area contributed by atoms with Crippen LogP contribution in [-0.4, -0.2) is 140 Å². The van der Waals surface area contributed by atoms with Crippen molar-refractivity contribution in [2.45, 2.75) is 280 Å². The summed E-state index contributed by atoms with van der Waals surface area (Å²) < 4.78 is 22.7. The van der Waals surface area contributed by atoms with E-state index in [1.54, 1.807) is 6.08 Å². The van der Waals surface area contributed by atoms with Gasteiger partial charge in [0.1, 0.15) is 48.8 Å². The largest absolute Gasteiger partial charge is 0.394 e. The third-order valence-electron chi connectivity index (χ3n) is 13.8. The Kier molecular flexibility index (Phi) is 41.5. The smallest absolute Gasteiger partial charge is 0.220 e. The van der Waals surface area contributed by atoms with Crippen LogP contribution in [0.5, 0.6) is 0 Å². The van der Waals surface area contributed by atoms with Gasteiger partial charge < -0.3 is 65.1 Å². The number of aliphatic hydroxyl groups is 8. The molecule has 0 aliphatic carbocycles. The SMILES string of the molecule is CCCCC/C=C/CC/C=C/CC/C=C/C(O)C(COC1OC(CO)C(OC2OC(CO)C(O)C(O)C2O)C(O)C1O)NC(=O)CCCCCCCCCCCCCC/C=C\C/C=C\C/C=C\CCCCCCC. The van der Waals surface area contributed by atoms with Crippen molar-refractivity contribution in [3.05, 3.63) is 72.9 Å². The number of hydrogen-bond donors (Lipinski definition) is 9. The van der Waals surface area contributed by atoms with Crippen molar-refractivity contribution in [1.29, 1.82) is 0 Å². The molecule has 2 saturated heterocycles. The van der Waals surface area contributed by atoms with E-state index in [1.807, 2.05) is 6.08 Å². The zero-order valence-corrected chi connectivity index (χ0v) is 45.8. The predicted octanol–water partition coefficient (Wildman–Crippen LogP) is 9.55. The van der Waals surface area contributed by atoms with Crippen LogP contribution >= 0.6 is 0 Å². The van der Waals surface area contributed by atoms with Gasteiger partial charge in [0, 0.05) is 6.42 Å². The molecule has 0 aromatic carbocycles. The highest BCUT2D eigenvalue weighted by molar-refractivity contribution is 5.76. The maximum absolute atomic E-state index is 13.2. The highest BCUT2D eigenvalue weighted by Gasteiger charge is 2.51. The number of hydrogen-bond acceptors (Lipinski definition) is 13. The molecular weight excluding hydrogens is 943 g/mol. The third kappa shape index (κ3) is 31.0. The molecule has 14 nitrogen and oxygen atoms in total. The van der Waals surface area contributed by atoms with Crippen molar-refractivity contribution in [3.8, 4) is 0 Å². The zero-order chi connectivity index (χ0) is 53.9. The van der Waals surface area contributed by atoms with Crippen LogP contribution in [0.15, 0.2) is 72.9 Å². The lowest BCUT2D eigenvalue weighted by Crippen LogP contribution is -2.65. The summed E-state index contributed by atoms with van der Waals surface area (Å²) >= 11 is 0. The fourth-order valence-corrected chi connectivity index (χ4v) is 9.09. The first-order valence-electron chi connectivity index (χ1n) is 29.2. The van der Waals surface area contributed by atoms with Crippen molar-refractivity contribution in [3.63, 3.8) is 0 Å². The van der Waals surface area contributed by atoms with Crippen molar-refractivity contribution in [2.24, 2.45) is 0 Å². The summed E-state index contributed by atoms with van der Waals surface area (Å²) in [6, 6.07) is -0.941. The molecular formula is C60H105NO13. The maximum Gasteiger partial charge on any atom is 0.220 e. The summed E-state index contributed by atoms with van der Waals surface area (Å²) in [6.45, 7) is 2.71. The molecule has 0 aromatic rings. The topological polar surface area (TPSA) is 228 Å². The van der Waals surface area contributed by atoms with Crippen LogP contribution in [0.4, 0.5) is 0 Å². The van der Waals surface area contributed by atoms with Gasteiger partial charge in [-0.25, -0.2) is 0 Å². The Morgan fingerprint density at radius 2 is 0.905 bits per heavy atom. The van der Waals surface area contributed by atoms with Gasteiger partial charge in [0.05, 0.1) is 32.0 Å². The number of aliphatic hydroxyl groups excluding tert-OH is 8. The average Bonchev–Trinajstić information content (AvgIpc) is 3.40. The van der Waals surface area contributed by atoms with E-state index in [0.29, 0.717) is 12.8 Å². The Bertz CT molecular complexity index is 1520. The molecule has 428 valence electrons. The highest BCUT2D eigenvalue weighted by atomic mass is 16.7. The van der Waals surface area contributed by atoms with Crippen molar-refractivity contribution in [2.75, 3.05) is 19.8 Å². The minimum absolute atomic E-state index is 0.259. The number of nitrogens with one attached hydrogen (secondary N) is 1. The number of amides is 1. The van der Waals surface area contributed by atoms with E-state index in [4.69, 9.17) is 18.9 Å². The summed E-state index contributed by atoms with van der Waals surface area (Å²) in [5.41, 5.74) is 0. The van der Waals surface area contributed by atoms with E-state index in [-0.39, 0.29) is 18.9 Å². The van der Waals surface area contributed by atoms with Crippen LogP contribution in [0, 0.1) is 0 Å². The monoisotopic (exact) mass is 1050 g/mol. The van der Waals surface area contributed by atoms with Crippen LogP contribution in [0.3, 0.4) is 0 Å². The molecule has 2 aliphatic rings. The standard InChI is InChI=1S/C60H105NO13/c1-3-5-7-9-11-13-15-17-18-19-20-21-22-23-24-25-26-27-28-29-30-32-34-36-38-40-42-44-52(65)61-48(49(64)43-41-39-37-35-33-31-16-14-12-10-8-6-4-2)47-71-59-57(70)55(68)58(51(46-63)73-59)74-60-56(69)54(67)53(66)50(45-62)72-60/h12,14-15,17,19-20,22-23,33,35,41,43,48-51,53-60,62-64,66-70H,3-11,13,16,18,21,24-32,34,36-40,42,44-47H2,1-2H3,(H,61,65)/b14-12+,17-15-,20-19-,23-22-,35-33+,43-41+. The van der Waals surface area contributed by atoms with E-state index in [0.717, 1.165) is 64.2 Å². The molecule has 2 rings (SSSR count). The zero-order valence-electron chi connectivity index (χ0n) is 45.8. The normalized spacial score (nSPS) is 25.8. The van der Waals surface area contributed by atoms with Gasteiger partial charge in [-0.2, -0.15) is 0 Å². The minimum Gasteiger partial charge on any atom is -0.394 e. The molecule has 0 radical (unpaired) electrons. The van der Waals surface area contributed by atoms with Crippen molar-refractivity contribution >= 4 is 5.91 Å². The van der Waals surface area contributed by atoms with Crippen LogP contribution in [-0.2, 0) is 23.7 Å². The number of allylic oxidation sites excluding steroid dienone is 11. The van der Waals surface area contributed by atoms with Crippen LogP contribution in [0.1, 0.15) is 206 Å². The molecule has 2 aliphatic heterocycles. The molecule has 0 aromatic heterocycles. The lowest BCUT2D eigenvalue weighted by Gasteiger charge is -2.46. The summed E-state index contributed by atoms with van der Waals surface area (Å²) in [4.78, 5) is 13.2. The van der Waals surface area contributed by atoms with E-state index in [1.165, 1.54) is 109 Å². The molecule has 74 heavy (non-hydrogen) atoms. The molecule has 0 bridgehead atoms. The average molecular weight is 1050 g/mol. The Hall–Kier alpha value is -2.57. The fraction of sp³-hybridized carbons (Fsp3) is 0.783. The second kappa shape index (κ2) is 45.4. The quantitative estimate of drug-likeness (QED) is 0.0205. The van der Waals surface area contributed by atoms with Gasteiger partial charge in [0.15, 0.2) is 12.6 Å². The molecule has 2 heterocycles. The molecule has 0 saturated carbocycles. The first-order valence-corrected chi connectivity index (χ1v) is 29.2. The molecule has 1 amide bonds. The van der Waals surface area contributed by atoms with E-state index < -0.39 is 86.8 Å². The summed E-state index contributed by atoms with van der Waals surface area (Å²) in [7, 11) is 0. The Labute approximate surface area is 447 Å². The summed E-state index contributed by atoms with van der Waals surface area (Å²) in [5.74, 6) is -0.259. The molecule has 14 heteroatoms. The molecule has 2 fully saturated rings. The second-order valence-corrected chi connectivity index (χ2v) is 20.4. The van der Waals surface area contributed by atoms with Crippen LogP contribution in [0.25, 0.3) is 0 Å². The second-order valence-electron chi connectivity index (χ2n) is 20.4. The molecule has 12 unspecified atom stereocenters. The molecule has 9 N–H and O–H groups in total. The van der Waals surface area contributed by atoms with Gasteiger partial charge in [-0.1, -0.05) is 189 Å². The van der Waals surface area contributed by atoms with Gasteiger partial charge in [-0.05, 0) is 83.5 Å². The Morgan fingerprint density at radius 3 is 1.45 bits per heavy atom. The van der Waals surface area contributed by atoms with Gasteiger partial charge in [0.25, 0.3) is 0 Å². The fourth-order valence-electron chi connectivity index (χ4n) is 9.09. The van der Waals surface area contributed by atoms with E-state index in [9.17, 15) is 45.6 Å². The minimum atomic E-state index is -1.79. The summed E-state index contributed by atoms with van der Waals surface area (Å²) in [6.07, 6.45) is 42.3. The van der Waals surface area contributed by atoms with Gasteiger partial charge in [-0.3, -0.25) is 4.79 Å². The van der Waals surface area contributed by atoms with E-state index >= 15 is 0 Å². The number of unbranched alkanes of at least 4 members (excludes halogenated alkanes) is 22. The Morgan fingerprint density at radius 1 is 0.486 bits per heavy atom. The first kappa shape index (κ1) is 67.5. The molecule has 0 spiro atoms. The van der Waals surface area contributed by atoms with E-state index in [2.05, 4.69) is 79.9 Å². The van der Waals surface area contributed by atoms with Gasteiger partial charge in [0.2, 0.25) is 5.91 Å². The Balaban J connectivity index is 1.73. The number of rotatable bonds is 45. The lowest BCUT2D eigenvalue weighted by atomic mass is 9.97. The summed E-state index contributed by atoms with van der Waals surface area (Å²) in [5, 5.41) is 86.9. The third-order valence-corrected chi connectivity index (χ3v) is 13.8. The highest BCUT2D eigenvalue weighted by Crippen LogP contribution is 2.30. The first-order chi connectivity index (χ1) is 36.1. The predicted molar refractivity (Wildman–Crippen MR) is 295 cm³/mol. The van der Waals surface area contributed by atoms with Gasteiger partial charge >= 0.3 is 0 Å². The number of ether oxygens (including phenoxy) is 4. The lowest BCUT2D eigenvalue weighted by molar-refractivity contribution is -0.359.